The van der Waals surface area contributed by atoms with Crippen LogP contribution in [0.3, 0.4) is 0 Å². The van der Waals surface area contributed by atoms with Gasteiger partial charge in [-0.15, -0.1) is 12.4 Å². The van der Waals surface area contributed by atoms with Crippen molar-refractivity contribution in [1.82, 2.24) is 4.90 Å². The minimum Gasteiger partial charge on any atom is -0.398 e. The summed E-state index contributed by atoms with van der Waals surface area (Å²) in [6.45, 7) is 0.842. The molecule has 0 heterocycles. The number of nitrogen functional groups attached to an aromatic ring is 1. The highest BCUT2D eigenvalue weighted by Gasteiger charge is 2.25. The number of anilines is 1. The van der Waals surface area contributed by atoms with E-state index in [-0.39, 0.29) is 18.3 Å². The molecule has 0 radical (unpaired) electrons. The molecule has 5 heteroatoms. The SMILES string of the molecule is CN(CC1CC1)C(=O)c1ccc(Br)cc1N.Cl. The van der Waals surface area contributed by atoms with E-state index in [2.05, 4.69) is 15.9 Å². The second-order valence-corrected chi connectivity index (χ2v) is 5.28. The van der Waals surface area contributed by atoms with E-state index in [1.54, 1.807) is 17.0 Å². The second-order valence-electron chi connectivity index (χ2n) is 4.36. The number of carbonyl (C=O) groups is 1. The zero-order valence-corrected chi connectivity index (χ0v) is 12.1. The number of nitrogens with two attached hydrogens (primary N) is 1. The predicted octanol–water partition coefficient (Wildman–Crippen LogP) is 2.94. The molecular formula is C12H16BrClN2O. The molecule has 3 nitrogen and oxygen atoms in total. The second kappa shape index (κ2) is 5.74. The van der Waals surface area contributed by atoms with Gasteiger partial charge >= 0.3 is 0 Å². The first kappa shape index (κ1) is 14.3. The molecule has 0 aliphatic heterocycles. The topological polar surface area (TPSA) is 46.3 Å². The fourth-order valence-corrected chi connectivity index (χ4v) is 2.08. The van der Waals surface area contributed by atoms with E-state index in [9.17, 15) is 4.79 Å². The van der Waals surface area contributed by atoms with Gasteiger partial charge in [-0.25, -0.2) is 0 Å². The highest BCUT2D eigenvalue weighted by molar-refractivity contribution is 9.10. The number of carbonyl (C=O) groups excluding carboxylic acids is 1. The summed E-state index contributed by atoms with van der Waals surface area (Å²) in [4.78, 5) is 13.8. The first-order valence-corrected chi connectivity index (χ1v) is 6.17. The molecule has 1 aromatic rings. The Morgan fingerprint density at radius 1 is 1.53 bits per heavy atom. The smallest absolute Gasteiger partial charge is 0.255 e. The Kier molecular flexibility index (Phi) is 4.83. The summed E-state index contributed by atoms with van der Waals surface area (Å²) in [6, 6.07) is 5.37. The van der Waals surface area contributed by atoms with Crippen molar-refractivity contribution in [2.45, 2.75) is 12.8 Å². The standard InChI is InChI=1S/C12H15BrN2O.ClH/c1-15(7-8-2-3-8)12(16)10-5-4-9(13)6-11(10)14;/h4-6,8H,2-3,7,14H2,1H3;1H. The molecule has 17 heavy (non-hydrogen) atoms. The van der Waals surface area contributed by atoms with Crippen LogP contribution in [-0.2, 0) is 0 Å². The Balaban J connectivity index is 0.00000144. The van der Waals surface area contributed by atoms with Gasteiger partial charge in [-0.05, 0) is 37.0 Å². The van der Waals surface area contributed by atoms with Crippen LogP contribution >= 0.6 is 28.3 Å². The minimum absolute atomic E-state index is 0. The molecule has 0 bridgehead atoms. The van der Waals surface area contributed by atoms with E-state index in [1.807, 2.05) is 13.1 Å². The van der Waals surface area contributed by atoms with Crippen molar-refractivity contribution in [3.8, 4) is 0 Å². The first-order valence-electron chi connectivity index (χ1n) is 5.38. The molecule has 1 aliphatic carbocycles. The van der Waals surface area contributed by atoms with Gasteiger partial charge in [0.25, 0.3) is 5.91 Å². The molecule has 1 aliphatic rings. The van der Waals surface area contributed by atoms with E-state index >= 15 is 0 Å². The van der Waals surface area contributed by atoms with Crippen LogP contribution in [0, 0.1) is 5.92 Å². The largest absolute Gasteiger partial charge is 0.398 e. The van der Waals surface area contributed by atoms with Crippen LogP contribution in [0.15, 0.2) is 22.7 Å². The minimum atomic E-state index is 0. The van der Waals surface area contributed by atoms with E-state index in [0.29, 0.717) is 17.2 Å². The molecule has 1 fully saturated rings. The molecule has 0 saturated heterocycles. The van der Waals surface area contributed by atoms with Gasteiger partial charge in [0.2, 0.25) is 0 Å². The third-order valence-corrected chi connectivity index (χ3v) is 3.31. The maximum atomic E-state index is 12.1. The lowest BCUT2D eigenvalue weighted by molar-refractivity contribution is 0.0789. The van der Waals surface area contributed by atoms with Crippen LogP contribution < -0.4 is 5.73 Å². The number of benzene rings is 1. The molecule has 1 saturated carbocycles. The summed E-state index contributed by atoms with van der Waals surface area (Å²) in [5.74, 6) is 0.711. The number of hydrogen-bond acceptors (Lipinski definition) is 2. The maximum Gasteiger partial charge on any atom is 0.255 e. The number of nitrogens with zero attached hydrogens (tertiary/aromatic N) is 1. The zero-order valence-electron chi connectivity index (χ0n) is 9.65. The van der Waals surface area contributed by atoms with Crippen LogP contribution in [0.25, 0.3) is 0 Å². The molecule has 2 rings (SSSR count). The Morgan fingerprint density at radius 2 is 2.18 bits per heavy atom. The molecule has 1 aromatic carbocycles. The summed E-state index contributed by atoms with van der Waals surface area (Å²) < 4.78 is 0.895. The lowest BCUT2D eigenvalue weighted by Gasteiger charge is -2.17. The van der Waals surface area contributed by atoms with Crippen molar-refractivity contribution in [2.75, 3.05) is 19.3 Å². The number of amides is 1. The molecule has 0 spiro atoms. The highest BCUT2D eigenvalue weighted by Crippen LogP contribution is 2.30. The number of hydrogen-bond donors (Lipinski definition) is 1. The normalized spacial score (nSPS) is 14.0. The van der Waals surface area contributed by atoms with Gasteiger partial charge in [0.15, 0.2) is 0 Å². The van der Waals surface area contributed by atoms with Crippen molar-refractivity contribution in [2.24, 2.45) is 5.92 Å². The summed E-state index contributed by atoms with van der Waals surface area (Å²) in [7, 11) is 1.84. The van der Waals surface area contributed by atoms with Crippen LogP contribution in [-0.4, -0.2) is 24.4 Å². The summed E-state index contributed by atoms with van der Waals surface area (Å²) in [5, 5.41) is 0. The van der Waals surface area contributed by atoms with Crippen LogP contribution in [0.5, 0.6) is 0 Å². The molecule has 0 aromatic heterocycles. The number of halogens is 2. The summed E-state index contributed by atoms with van der Waals surface area (Å²) in [6.07, 6.45) is 2.49. The molecule has 0 atom stereocenters. The Hall–Kier alpha value is -0.740. The van der Waals surface area contributed by atoms with E-state index in [0.717, 1.165) is 11.0 Å². The Morgan fingerprint density at radius 3 is 2.71 bits per heavy atom. The third kappa shape index (κ3) is 3.61. The molecule has 1 amide bonds. The maximum absolute atomic E-state index is 12.1. The lowest BCUT2D eigenvalue weighted by atomic mass is 10.1. The molecule has 0 unspecified atom stereocenters. The average Bonchev–Trinajstić information content (AvgIpc) is 3.00. The summed E-state index contributed by atoms with van der Waals surface area (Å²) >= 11 is 3.33. The van der Waals surface area contributed by atoms with Gasteiger partial charge in [0, 0.05) is 23.8 Å². The van der Waals surface area contributed by atoms with E-state index < -0.39 is 0 Å². The van der Waals surface area contributed by atoms with Crippen molar-refractivity contribution in [1.29, 1.82) is 0 Å². The van der Waals surface area contributed by atoms with Crippen molar-refractivity contribution in [3.05, 3.63) is 28.2 Å². The highest BCUT2D eigenvalue weighted by atomic mass is 79.9. The van der Waals surface area contributed by atoms with Crippen LogP contribution in [0.4, 0.5) is 5.69 Å². The fraction of sp³-hybridized carbons (Fsp3) is 0.417. The Bertz CT molecular complexity index is 421. The molecule has 94 valence electrons. The van der Waals surface area contributed by atoms with Gasteiger partial charge in [-0.3, -0.25) is 4.79 Å². The first-order chi connectivity index (χ1) is 7.58. The summed E-state index contributed by atoms with van der Waals surface area (Å²) in [5.41, 5.74) is 6.95. The quantitative estimate of drug-likeness (QED) is 0.871. The van der Waals surface area contributed by atoms with E-state index in [1.165, 1.54) is 12.8 Å². The van der Waals surface area contributed by atoms with Crippen molar-refractivity contribution in [3.63, 3.8) is 0 Å². The lowest BCUT2D eigenvalue weighted by Crippen LogP contribution is -2.29. The van der Waals surface area contributed by atoms with Gasteiger partial charge in [0.05, 0.1) is 5.56 Å². The Labute approximate surface area is 116 Å². The zero-order chi connectivity index (χ0) is 11.7. The van der Waals surface area contributed by atoms with Gasteiger partial charge < -0.3 is 10.6 Å². The van der Waals surface area contributed by atoms with Gasteiger partial charge in [0.1, 0.15) is 0 Å². The van der Waals surface area contributed by atoms with Gasteiger partial charge in [-0.1, -0.05) is 15.9 Å². The van der Waals surface area contributed by atoms with E-state index in [4.69, 9.17) is 5.73 Å². The monoisotopic (exact) mass is 318 g/mol. The third-order valence-electron chi connectivity index (χ3n) is 2.82. The number of rotatable bonds is 3. The molecular weight excluding hydrogens is 304 g/mol. The van der Waals surface area contributed by atoms with Crippen molar-refractivity contribution >= 4 is 39.9 Å². The van der Waals surface area contributed by atoms with Crippen molar-refractivity contribution < 1.29 is 4.79 Å². The molecule has 2 N–H and O–H groups in total. The fourth-order valence-electron chi connectivity index (χ4n) is 1.70. The van der Waals surface area contributed by atoms with Crippen LogP contribution in [0.2, 0.25) is 0 Å². The van der Waals surface area contributed by atoms with Gasteiger partial charge in [-0.2, -0.15) is 0 Å². The van der Waals surface area contributed by atoms with Crippen LogP contribution in [0.1, 0.15) is 23.2 Å². The average molecular weight is 320 g/mol. The predicted molar refractivity (Wildman–Crippen MR) is 75.5 cm³/mol.